The average molecular weight is 236 g/mol. The van der Waals surface area contributed by atoms with Gasteiger partial charge in [-0.25, -0.2) is 0 Å². The van der Waals surface area contributed by atoms with E-state index in [1.54, 1.807) is 17.4 Å². The first kappa shape index (κ1) is 11.4. The fourth-order valence-corrected chi connectivity index (χ4v) is 2.42. The van der Waals surface area contributed by atoms with Crippen LogP contribution < -0.4 is 10.6 Å². The second-order valence-electron chi connectivity index (χ2n) is 4.33. The Labute approximate surface area is 99.6 Å². The maximum atomic E-state index is 11.7. The molecular formula is C12H16N2OS. The minimum absolute atomic E-state index is 0.0143. The van der Waals surface area contributed by atoms with Crippen LogP contribution in [0.25, 0.3) is 6.08 Å². The molecule has 1 fully saturated rings. The van der Waals surface area contributed by atoms with E-state index in [4.69, 9.17) is 0 Å². The SMILES string of the molecule is CC1(NC(=O)/C=C/c2cccs2)CCNC1. The van der Waals surface area contributed by atoms with Gasteiger partial charge in [-0.2, -0.15) is 0 Å². The molecule has 1 saturated heterocycles. The highest BCUT2D eigenvalue weighted by atomic mass is 32.1. The standard InChI is InChI=1S/C12H16N2OS/c1-12(6-7-13-9-12)14-11(15)5-4-10-3-2-8-16-10/h2-5,8,13H,6-7,9H2,1H3,(H,14,15)/b5-4+. The molecule has 1 aromatic rings. The summed E-state index contributed by atoms with van der Waals surface area (Å²) in [5.41, 5.74) is -0.0864. The monoisotopic (exact) mass is 236 g/mol. The second kappa shape index (κ2) is 4.80. The molecule has 4 heteroatoms. The Balaban J connectivity index is 1.89. The zero-order valence-corrected chi connectivity index (χ0v) is 10.1. The Kier molecular flexibility index (Phi) is 3.41. The highest BCUT2D eigenvalue weighted by Gasteiger charge is 2.29. The van der Waals surface area contributed by atoms with Gasteiger partial charge in [-0.3, -0.25) is 4.79 Å². The van der Waals surface area contributed by atoms with Gasteiger partial charge >= 0.3 is 0 Å². The summed E-state index contributed by atoms with van der Waals surface area (Å²) in [6.07, 6.45) is 4.45. The van der Waals surface area contributed by atoms with Crippen LogP contribution in [0.2, 0.25) is 0 Å². The van der Waals surface area contributed by atoms with Crippen LogP contribution in [0.15, 0.2) is 23.6 Å². The summed E-state index contributed by atoms with van der Waals surface area (Å²) in [4.78, 5) is 12.8. The van der Waals surface area contributed by atoms with Gasteiger partial charge in [0.25, 0.3) is 0 Å². The van der Waals surface area contributed by atoms with Crippen molar-refractivity contribution < 1.29 is 4.79 Å². The zero-order chi connectivity index (χ0) is 11.4. The quantitative estimate of drug-likeness (QED) is 0.783. The van der Waals surface area contributed by atoms with Gasteiger partial charge in [0.2, 0.25) is 5.91 Å². The summed E-state index contributed by atoms with van der Waals surface area (Å²) in [6.45, 7) is 3.90. The van der Waals surface area contributed by atoms with Crippen molar-refractivity contribution in [2.24, 2.45) is 0 Å². The van der Waals surface area contributed by atoms with Crippen LogP contribution in [0, 0.1) is 0 Å². The molecule has 1 aliphatic rings. The van der Waals surface area contributed by atoms with E-state index < -0.39 is 0 Å². The van der Waals surface area contributed by atoms with Gasteiger partial charge in [0.1, 0.15) is 0 Å². The van der Waals surface area contributed by atoms with Crippen molar-refractivity contribution in [3.8, 4) is 0 Å². The highest BCUT2D eigenvalue weighted by Crippen LogP contribution is 2.14. The number of hydrogen-bond acceptors (Lipinski definition) is 3. The van der Waals surface area contributed by atoms with E-state index in [1.165, 1.54) is 0 Å². The lowest BCUT2D eigenvalue weighted by Crippen LogP contribution is -2.46. The van der Waals surface area contributed by atoms with E-state index in [0.717, 1.165) is 24.4 Å². The first-order valence-electron chi connectivity index (χ1n) is 5.42. The summed E-state index contributed by atoms with van der Waals surface area (Å²) >= 11 is 1.63. The molecule has 1 aliphatic heterocycles. The summed E-state index contributed by atoms with van der Waals surface area (Å²) in [5.74, 6) is -0.0143. The number of rotatable bonds is 3. The van der Waals surface area contributed by atoms with Crippen molar-refractivity contribution in [3.05, 3.63) is 28.5 Å². The van der Waals surface area contributed by atoms with Crippen LogP contribution in [-0.4, -0.2) is 24.5 Å². The van der Waals surface area contributed by atoms with E-state index in [-0.39, 0.29) is 11.4 Å². The first-order valence-corrected chi connectivity index (χ1v) is 6.30. The lowest BCUT2D eigenvalue weighted by atomic mass is 10.0. The molecule has 0 aromatic carbocycles. The van der Waals surface area contributed by atoms with Crippen molar-refractivity contribution in [1.82, 2.24) is 10.6 Å². The first-order chi connectivity index (χ1) is 7.68. The minimum Gasteiger partial charge on any atom is -0.346 e. The minimum atomic E-state index is -0.0864. The summed E-state index contributed by atoms with van der Waals surface area (Å²) < 4.78 is 0. The third-order valence-electron chi connectivity index (χ3n) is 2.74. The van der Waals surface area contributed by atoms with Crippen molar-refractivity contribution in [1.29, 1.82) is 0 Å². The van der Waals surface area contributed by atoms with Gasteiger partial charge in [0, 0.05) is 17.5 Å². The van der Waals surface area contributed by atoms with Gasteiger partial charge in [0.15, 0.2) is 0 Å². The number of hydrogen-bond donors (Lipinski definition) is 2. The van der Waals surface area contributed by atoms with E-state index in [2.05, 4.69) is 17.6 Å². The summed E-state index contributed by atoms with van der Waals surface area (Å²) in [6, 6.07) is 3.97. The van der Waals surface area contributed by atoms with Gasteiger partial charge in [-0.15, -0.1) is 11.3 Å². The second-order valence-corrected chi connectivity index (χ2v) is 5.30. The van der Waals surface area contributed by atoms with Crippen molar-refractivity contribution in [3.63, 3.8) is 0 Å². The Morgan fingerprint density at radius 3 is 3.19 bits per heavy atom. The lowest BCUT2D eigenvalue weighted by molar-refractivity contribution is -0.117. The molecule has 1 unspecified atom stereocenters. The van der Waals surface area contributed by atoms with E-state index in [1.807, 2.05) is 23.6 Å². The van der Waals surface area contributed by atoms with Crippen molar-refractivity contribution in [2.75, 3.05) is 13.1 Å². The normalized spacial score (nSPS) is 25.1. The lowest BCUT2D eigenvalue weighted by Gasteiger charge is -2.23. The third kappa shape index (κ3) is 2.93. The third-order valence-corrected chi connectivity index (χ3v) is 3.57. The highest BCUT2D eigenvalue weighted by molar-refractivity contribution is 7.10. The molecule has 1 amide bonds. The Morgan fingerprint density at radius 2 is 2.56 bits per heavy atom. The van der Waals surface area contributed by atoms with E-state index in [0.29, 0.717) is 0 Å². The average Bonchev–Trinajstić information content (AvgIpc) is 2.86. The van der Waals surface area contributed by atoms with Gasteiger partial charge in [0.05, 0.1) is 5.54 Å². The predicted octanol–water partition coefficient (Wildman–Crippen LogP) is 1.63. The molecule has 0 spiro atoms. The number of amides is 1. The smallest absolute Gasteiger partial charge is 0.244 e. The predicted molar refractivity (Wildman–Crippen MR) is 67.4 cm³/mol. The van der Waals surface area contributed by atoms with Crippen LogP contribution in [0.1, 0.15) is 18.2 Å². The Morgan fingerprint density at radius 1 is 1.69 bits per heavy atom. The maximum Gasteiger partial charge on any atom is 0.244 e. The fraction of sp³-hybridized carbons (Fsp3) is 0.417. The number of thiophene rings is 1. The topological polar surface area (TPSA) is 41.1 Å². The van der Waals surface area contributed by atoms with E-state index >= 15 is 0 Å². The molecule has 2 rings (SSSR count). The number of nitrogens with one attached hydrogen (secondary N) is 2. The van der Waals surface area contributed by atoms with Crippen LogP contribution in [0.5, 0.6) is 0 Å². The molecule has 1 atom stereocenters. The van der Waals surface area contributed by atoms with Crippen LogP contribution >= 0.6 is 11.3 Å². The molecule has 16 heavy (non-hydrogen) atoms. The molecule has 0 bridgehead atoms. The largest absolute Gasteiger partial charge is 0.346 e. The molecule has 86 valence electrons. The molecule has 0 saturated carbocycles. The molecule has 0 radical (unpaired) electrons. The van der Waals surface area contributed by atoms with Crippen LogP contribution in [-0.2, 0) is 4.79 Å². The van der Waals surface area contributed by atoms with Crippen molar-refractivity contribution in [2.45, 2.75) is 18.9 Å². The van der Waals surface area contributed by atoms with Gasteiger partial charge in [-0.05, 0) is 37.4 Å². The fourth-order valence-electron chi connectivity index (χ4n) is 1.81. The van der Waals surface area contributed by atoms with Crippen LogP contribution in [0.4, 0.5) is 0 Å². The molecule has 2 heterocycles. The van der Waals surface area contributed by atoms with Crippen LogP contribution in [0.3, 0.4) is 0 Å². The molecular weight excluding hydrogens is 220 g/mol. The number of carbonyl (C=O) groups excluding carboxylic acids is 1. The zero-order valence-electron chi connectivity index (χ0n) is 9.32. The van der Waals surface area contributed by atoms with Gasteiger partial charge < -0.3 is 10.6 Å². The molecule has 2 N–H and O–H groups in total. The van der Waals surface area contributed by atoms with Gasteiger partial charge in [-0.1, -0.05) is 6.07 Å². The molecule has 3 nitrogen and oxygen atoms in total. The molecule has 0 aliphatic carbocycles. The number of carbonyl (C=O) groups is 1. The van der Waals surface area contributed by atoms with E-state index in [9.17, 15) is 4.79 Å². The molecule has 1 aromatic heterocycles. The summed E-state index contributed by atoms with van der Waals surface area (Å²) in [5, 5.41) is 8.28. The summed E-state index contributed by atoms with van der Waals surface area (Å²) in [7, 11) is 0. The van der Waals surface area contributed by atoms with Crippen molar-refractivity contribution >= 4 is 23.3 Å². The Hall–Kier alpha value is -1.13. The maximum absolute atomic E-state index is 11.7. The Bertz CT molecular complexity index is 378.